The molecule has 164 valence electrons. The van der Waals surface area contributed by atoms with E-state index in [4.69, 9.17) is 4.99 Å². The van der Waals surface area contributed by atoms with Gasteiger partial charge in [0.1, 0.15) is 5.82 Å². The minimum atomic E-state index is -0.203. The van der Waals surface area contributed by atoms with E-state index in [-0.39, 0.29) is 35.7 Å². The van der Waals surface area contributed by atoms with Gasteiger partial charge in [-0.1, -0.05) is 12.1 Å². The fourth-order valence-corrected chi connectivity index (χ4v) is 3.45. The summed E-state index contributed by atoms with van der Waals surface area (Å²) in [6.07, 6.45) is 2.65. The minimum Gasteiger partial charge on any atom is -0.359 e. The van der Waals surface area contributed by atoms with Crippen LogP contribution in [0.15, 0.2) is 29.3 Å². The summed E-state index contributed by atoms with van der Waals surface area (Å²) in [6.45, 7) is 7.09. The van der Waals surface area contributed by atoms with Crippen LogP contribution in [0.1, 0.15) is 31.7 Å². The van der Waals surface area contributed by atoms with E-state index in [2.05, 4.69) is 34.4 Å². The van der Waals surface area contributed by atoms with Gasteiger partial charge in [-0.2, -0.15) is 0 Å². The first kappa shape index (κ1) is 25.6. The maximum atomic E-state index is 13.0. The highest BCUT2D eigenvalue weighted by atomic mass is 127. The van der Waals surface area contributed by atoms with E-state index in [1.165, 1.54) is 12.1 Å². The van der Waals surface area contributed by atoms with Crippen molar-refractivity contribution in [3.63, 3.8) is 0 Å². The number of benzene rings is 1. The summed E-state index contributed by atoms with van der Waals surface area (Å²) in [6, 6.07) is 6.64. The van der Waals surface area contributed by atoms with Crippen molar-refractivity contribution in [2.75, 3.05) is 46.8 Å². The van der Waals surface area contributed by atoms with Gasteiger partial charge in [0, 0.05) is 46.2 Å². The van der Waals surface area contributed by atoms with Crippen LogP contribution in [-0.2, 0) is 11.3 Å². The van der Waals surface area contributed by atoms with Gasteiger partial charge in [-0.3, -0.25) is 9.79 Å². The minimum absolute atomic E-state index is 0. The number of rotatable bonds is 8. The van der Waals surface area contributed by atoms with E-state index < -0.39 is 0 Å². The molecule has 8 heteroatoms. The Labute approximate surface area is 191 Å². The second-order valence-corrected chi connectivity index (χ2v) is 7.41. The van der Waals surface area contributed by atoms with Crippen molar-refractivity contribution in [3.05, 3.63) is 35.6 Å². The molecule has 0 aliphatic carbocycles. The second kappa shape index (κ2) is 13.7. The highest BCUT2D eigenvalue weighted by Crippen LogP contribution is 2.20. The number of piperidine rings is 1. The van der Waals surface area contributed by atoms with E-state index in [9.17, 15) is 9.18 Å². The van der Waals surface area contributed by atoms with Crippen LogP contribution in [0.25, 0.3) is 0 Å². The zero-order chi connectivity index (χ0) is 20.4. The Morgan fingerprint density at radius 1 is 1.28 bits per heavy atom. The highest BCUT2D eigenvalue weighted by Gasteiger charge is 2.23. The third-order valence-electron chi connectivity index (χ3n) is 5.11. The van der Waals surface area contributed by atoms with Crippen LogP contribution in [0.4, 0.5) is 4.39 Å². The first-order chi connectivity index (χ1) is 13.5. The van der Waals surface area contributed by atoms with E-state index in [0.717, 1.165) is 57.1 Å². The van der Waals surface area contributed by atoms with Gasteiger partial charge in [0.05, 0.1) is 6.54 Å². The van der Waals surface area contributed by atoms with Crippen LogP contribution in [0.5, 0.6) is 0 Å². The Bertz CT molecular complexity index is 632. The van der Waals surface area contributed by atoms with Crippen molar-refractivity contribution in [1.82, 2.24) is 20.4 Å². The smallest absolute Gasteiger partial charge is 0.220 e. The SMILES string of the molecule is CCNC(=NCCN(C)Cc1ccc(F)cc1)N1CCC(CC(=O)NC)CC1.I. The third-order valence-corrected chi connectivity index (χ3v) is 5.11. The van der Waals surface area contributed by atoms with Gasteiger partial charge in [-0.15, -0.1) is 24.0 Å². The molecule has 1 aliphatic rings. The first-order valence-electron chi connectivity index (χ1n) is 10.2. The molecular weight excluding hydrogens is 484 g/mol. The molecule has 0 bridgehead atoms. The van der Waals surface area contributed by atoms with Gasteiger partial charge >= 0.3 is 0 Å². The summed E-state index contributed by atoms with van der Waals surface area (Å²) in [7, 11) is 3.75. The number of carbonyl (C=O) groups excluding carboxylic acids is 1. The fourth-order valence-electron chi connectivity index (χ4n) is 3.45. The second-order valence-electron chi connectivity index (χ2n) is 7.41. The maximum absolute atomic E-state index is 13.0. The number of amides is 1. The van der Waals surface area contributed by atoms with Crippen LogP contribution < -0.4 is 10.6 Å². The lowest BCUT2D eigenvalue weighted by Crippen LogP contribution is -2.46. The van der Waals surface area contributed by atoms with Gasteiger partial charge in [0.15, 0.2) is 5.96 Å². The van der Waals surface area contributed by atoms with Gasteiger partial charge in [-0.25, -0.2) is 4.39 Å². The Hall–Kier alpha value is -1.42. The van der Waals surface area contributed by atoms with Crippen molar-refractivity contribution in [3.8, 4) is 0 Å². The summed E-state index contributed by atoms with van der Waals surface area (Å²) in [5.41, 5.74) is 1.10. The van der Waals surface area contributed by atoms with Crippen molar-refractivity contribution < 1.29 is 9.18 Å². The summed E-state index contributed by atoms with van der Waals surface area (Å²) in [5.74, 6) is 1.34. The van der Waals surface area contributed by atoms with Crippen molar-refractivity contribution in [2.24, 2.45) is 10.9 Å². The van der Waals surface area contributed by atoms with Crippen LogP contribution >= 0.6 is 24.0 Å². The molecule has 2 N–H and O–H groups in total. The number of aliphatic imine (C=N–C) groups is 1. The summed E-state index contributed by atoms with van der Waals surface area (Å²) < 4.78 is 13.0. The van der Waals surface area contributed by atoms with Gasteiger partial charge < -0.3 is 20.4 Å². The van der Waals surface area contributed by atoms with Crippen LogP contribution in [0.3, 0.4) is 0 Å². The summed E-state index contributed by atoms with van der Waals surface area (Å²) in [5, 5.41) is 6.10. The monoisotopic (exact) mass is 519 g/mol. The number of hydrogen-bond acceptors (Lipinski definition) is 3. The lowest BCUT2D eigenvalue weighted by molar-refractivity contribution is -0.121. The molecule has 29 heavy (non-hydrogen) atoms. The standard InChI is InChI=1S/C21H34FN5O.HI/c1-4-24-21(27-12-9-17(10-13-27)15-20(28)23-2)25-11-14-26(3)16-18-5-7-19(22)8-6-18;/h5-8,17H,4,9-16H2,1-3H3,(H,23,28)(H,24,25);1H. The van der Waals surface area contributed by atoms with E-state index >= 15 is 0 Å². The van der Waals surface area contributed by atoms with Gasteiger partial charge in [0.2, 0.25) is 5.91 Å². The lowest BCUT2D eigenvalue weighted by atomic mass is 9.93. The van der Waals surface area contributed by atoms with E-state index in [0.29, 0.717) is 18.9 Å². The van der Waals surface area contributed by atoms with Crippen LogP contribution in [-0.4, -0.2) is 68.5 Å². The molecular formula is C21H35FIN5O. The average molecular weight is 519 g/mol. The first-order valence-corrected chi connectivity index (χ1v) is 10.2. The zero-order valence-electron chi connectivity index (χ0n) is 17.8. The fraction of sp³-hybridized carbons (Fsp3) is 0.619. The number of hydrogen-bond donors (Lipinski definition) is 2. The largest absolute Gasteiger partial charge is 0.359 e. The van der Waals surface area contributed by atoms with Crippen LogP contribution in [0, 0.1) is 11.7 Å². The molecule has 1 aromatic carbocycles. The molecule has 1 aliphatic heterocycles. The number of halogens is 2. The molecule has 1 aromatic rings. The third kappa shape index (κ3) is 9.29. The number of likely N-dealkylation sites (N-methyl/N-ethyl adjacent to an activating group) is 1. The highest BCUT2D eigenvalue weighted by molar-refractivity contribution is 14.0. The Kier molecular flexibility index (Phi) is 12.1. The maximum Gasteiger partial charge on any atom is 0.220 e. The number of nitrogens with one attached hydrogen (secondary N) is 2. The molecule has 0 aromatic heterocycles. The van der Waals surface area contributed by atoms with Crippen molar-refractivity contribution in [2.45, 2.75) is 32.7 Å². The lowest BCUT2D eigenvalue weighted by Gasteiger charge is -2.34. The molecule has 6 nitrogen and oxygen atoms in total. The molecule has 0 atom stereocenters. The van der Waals surface area contributed by atoms with E-state index in [1.807, 2.05) is 12.1 Å². The van der Waals surface area contributed by atoms with Gasteiger partial charge in [-0.05, 0) is 50.4 Å². The molecule has 0 spiro atoms. The van der Waals surface area contributed by atoms with Crippen molar-refractivity contribution in [1.29, 1.82) is 0 Å². The van der Waals surface area contributed by atoms with Crippen LogP contribution in [0.2, 0.25) is 0 Å². The Morgan fingerprint density at radius 3 is 2.52 bits per heavy atom. The quantitative estimate of drug-likeness (QED) is 0.315. The predicted octanol–water partition coefficient (Wildman–Crippen LogP) is 2.69. The topological polar surface area (TPSA) is 60.0 Å². The zero-order valence-corrected chi connectivity index (χ0v) is 20.1. The molecule has 2 rings (SSSR count). The molecule has 0 radical (unpaired) electrons. The number of nitrogens with zero attached hydrogens (tertiary/aromatic N) is 3. The molecule has 1 saturated heterocycles. The molecule has 1 fully saturated rings. The molecule has 0 unspecified atom stereocenters. The van der Waals surface area contributed by atoms with Crippen molar-refractivity contribution >= 4 is 35.8 Å². The van der Waals surface area contributed by atoms with Gasteiger partial charge in [0.25, 0.3) is 0 Å². The molecule has 1 amide bonds. The Morgan fingerprint density at radius 2 is 1.93 bits per heavy atom. The van der Waals surface area contributed by atoms with E-state index in [1.54, 1.807) is 7.05 Å². The summed E-state index contributed by atoms with van der Waals surface area (Å²) in [4.78, 5) is 20.8. The normalized spacial score (nSPS) is 15.2. The number of guanidine groups is 1. The Balaban J connectivity index is 0.00000420. The summed E-state index contributed by atoms with van der Waals surface area (Å²) >= 11 is 0. The molecule has 1 heterocycles. The predicted molar refractivity (Wildman–Crippen MR) is 127 cm³/mol. The molecule has 0 saturated carbocycles. The number of likely N-dealkylation sites (tertiary alicyclic amines) is 1. The average Bonchev–Trinajstić information content (AvgIpc) is 2.69. The number of carbonyl (C=O) groups is 1.